The van der Waals surface area contributed by atoms with Crippen LogP contribution >= 0.6 is 7.82 Å². The minimum atomic E-state index is -4.53. The summed E-state index contributed by atoms with van der Waals surface area (Å²) >= 11 is 0. The van der Waals surface area contributed by atoms with Crippen LogP contribution in [0, 0.1) is 0 Å². The quantitative estimate of drug-likeness (QED) is 0.622. The molecular formula is C16H17O6P. The van der Waals surface area contributed by atoms with Crippen LogP contribution in [0.1, 0.15) is 11.1 Å². The number of hydrogen-bond donors (Lipinski definition) is 2. The molecule has 2 aromatic carbocycles. The first kappa shape index (κ1) is 17.1. The van der Waals surface area contributed by atoms with E-state index in [0.29, 0.717) is 11.5 Å². The van der Waals surface area contributed by atoms with E-state index in [9.17, 15) is 4.57 Å². The number of phosphoric acid groups is 1. The van der Waals surface area contributed by atoms with Crippen molar-refractivity contribution in [2.45, 2.75) is 0 Å². The minimum Gasteiger partial charge on any atom is -0.497 e. The van der Waals surface area contributed by atoms with Crippen LogP contribution in [0.25, 0.3) is 12.2 Å². The molecule has 0 aromatic heterocycles. The van der Waals surface area contributed by atoms with Gasteiger partial charge in [-0.05, 0) is 35.4 Å². The van der Waals surface area contributed by atoms with Crippen molar-refractivity contribution < 1.29 is 28.3 Å². The number of methoxy groups -OCH3 is 2. The Kier molecular flexibility index (Phi) is 5.45. The van der Waals surface area contributed by atoms with Gasteiger partial charge in [0.05, 0.1) is 14.2 Å². The third-order valence-corrected chi connectivity index (χ3v) is 3.40. The maximum atomic E-state index is 10.8. The van der Waals surface area contributed by atoms with Gasteiger partial charge in [-0.25, -0.2) is 4.57 Å². The number of hydrogen-bond acceptors (Lipinski definition) is 4. The lowest BCUT2D eigenvalue weighted by atomic mass is 10.1. The first-order valence-electron chi connectivity index (χ1n) is 6.66. The molecule has 0 bridgehead atoms. The zero-order chi connectivity index (χ0) is 16.9. The summed E-state index contributed by atoms with van der Waals surface area (Å²) in [7, 11) is -1.36. The number of phosphoric ester groups is 1. The Bertz CT molecular complexity index is 710. The molecule has 23 heavy (non-hydrogen) atoms. The van der Waals surface area contributed by atoms with Gasteiger partial charge >= 0.3 is 7.82 Å². The van der Waals surface area contributed by atoms with Crippen molar-refractivity contribution in [3.05, 3.63) is 53.6 Å². The summed E-state index contributed by atoms with van der Waals surface area (Å²) in [6, 6.07) is 11.9. The zero-order valence-corrected chi connectivity index (χ0v) is 13.6. The molecule has 6 nitrogen and oxygen atoms in total. The average molecular weight is 336 g/mol. The summed E-state index contributed by atoms with van der Waals surface area (Å²) in [4.78, 5) is 17.5. The van der Waals surface area contributed by atoms with Crippen LogP contribution in [0.3, 0.4) is 0 Å². The predicted molar refractivity (Wildman–Crippen MR) is 87.6 cm³/mol. The van der Waals surface area contributed by atoms with E-state index in [1.54, 1.807) is 32.4 Å². The van der Waals surface area contributed by atoms with Crippen molar-refractivity contribution >= 4 is 20.0 Å². The second-order valence-electron chi connectivity index (χ2n) is 4.63. The molecule has 7 heteroatoms. The fraction of sp³-hybridized carbons (Fsp3) is 0.125. The zero-order valence-electron chi connectivity index (χ0n) is 12.7. The normalized spacial score (nSPS) is 11.5. The van der Waals surface area contributed by atoms with E-state index in [2.05, 4.69) is 4.52 Å². The molecule has 0 saturated carbocycles. The molecule has 0 saturated heterocycles. The summed E-state index contributed by atoms with van der Waals surface area (Å²) in [5.41, 5.74) is 1.75. The van der Waals surface area contributed by atoms with Crippen molar-refractivity contribution in [1.29, 1.82) is 0 Å². The smallest absolute Gasteiger partial charge is 0.497 e. The van der Waals surface area contributed by atoms with Gasteiger partial charge in [0.15, 0.2) is 0 Å². The second-order valence-corrected chi connectivity index (χ2v) is 5.79. The molecular weight excluding hydrogens is 319 g/mol. The van der Waals surface area contributed by atoms with Crippen LogP contribution in [0.5, 0.6) is 17.2 Å². The van der Waals surface area contributed by atoms with E-state index in [1.807, 2.05) is 24.3 Å². The third kappa shape index (κ3) is 5.45. The summed E-state index contributed by atoms with van der Waals surface area (Å²) in [5, 5.41) is 0. The number of rotatable bonds is 6. The Morgan fingerprint density at radius 2 is 1.35 bits per heavy atom. The highest BCUT2D eigenvalue weighted by Crippen LogP contribution is 2.37. The van der Waals surface area contributed by atoms with Gasteiger partial charge in [0.1, 0.15) is 17.2 Å². The van der Waals surface area contributed by atoms with Crippen LogP contribution in [-0.2, 0) is 4.57 Å². The highest BCUT2D eigenvalue weighted by Gasteiger charge is 2.15. The molecule has 0 spiro atoms. The van der Waals surface area contributed by atoms with Crippen molar-refractivity contribution in [3.63, 3.8) is 0 Å². The summed E-state index contributed by atoms with van der Waals surface area (Å²) < 4.78 is 25.7. The van der Waals surface area contributed by atoms with E-state index in [-0.39, 0.29) is 5.75 Å². The maximum absolute atomic E-state index is 10.8. The Labute approximate surface area is 134 Å². The van der Waals surface area contributed by atoms with Crippen molar-refractivity contribution in [2.24, 2.45) is 0 Å². The molecule has 0 unspecified atom stereocenters. The van der Waals surface area contributed by atoms with E-state index in [4.69, 9.17) is 19.3 Å². The molecule has 2 aromatic rings. The molecule has 0 fully saturated rings. The fourth-order valence-corrected chi connectivity index (χ4v) is 2.29. The minimum absolute atomic E-state index is 0.110. The van der Waals surface area contributed by atoms with E-state index < -0.39 is 7.82 Å². The molecule has 2 rings (SSSR count). The van der Waals surface area contributed by atoms with Gasteiger partial charge in [0.2, 0.25) is 0 Å². The van der Waals surface area contributed by atoms with Crippen molar-refractivity contribution in [1.82, 2.24) is 0 Å². The SMILES string of the molecule is COc1cc(C=Cc2ccc(OP(=O)(O)O)cc2)cc(OC)c1. The number of ether oxygens (including phenoxy) is 2. The van der Waals surface area contributed by atoms with Gasteiger partial charge in [-0.2, -0.15) is 0 Å². The average Bonchev–Trinajstić information content (AvgIpc) is 2.52. The first-order valence-corrected chi connectivity index (χ1v) is 8.19. The maximum Gasteiger partial charge on any atom is 0.524 e. The molecule has 122 valence electrons. The van der Waals surface area contributed by atoms with Crippen LogP contribution in [-0.4, -0.2) is 24.0 Å². The molecule has 0 aliphatic rings. The van der Waals surface area contributed by atoms with Gasteiger partial charge < -0.3 is 14.0 Å². The first-order chi connectivity index (χ1) is 10.9. The Balaban J connectivity index is 2.15. The standard InChI is InChI=1S/C16H17O6P/c1-20-15-9-13(10-16(11-15)21-2)4-3-12-5-7-14(8-6-12)22-23(17,18)19/h3-11H,1-2H3,(H2,17,18,19). The molecule has 0 amide bonds. The van der Waals surface area contributed by atoms with Crippen molar-refractivity contribution in [2.75, 3.05) is 14.2 Å². The molecule has 0 heterocycles. The highest BCUT2D eigenvalue weighted by molar-refractivity contribution is 7.46. The Morgan fingerprint density at radius 3 is 1.83 bits per heavy atom. The second kappa shape index (κ2) is 7.33. The summed E-state index contributed by atoms with van der Waals surface area (Å²) in [5.74, 6) is 1.49. The Morgan fingerprint density at radius 1 is 0.826 bits per heavy atom. The molecule has 2 N–H and O–H groups in total. The summed E-state index contributed by atoms with van der Waals surface area (Å²) in [6.45, 7) is 0. The monoisotopic (exact) mass is 336 g/mol. The van der Waals surface area contributed by atoms with E-state index >= 15 is 0 Å². The largest absolute Gasteiger partial charge is 0.524 e. The molecule has 0 atom stereocenters. The van der Waals surface area contributed by atoms with Crippen LogP contribution in [0.4, 0.5) is 0 Å². The lowest BCUT2D eigenvalue weighted by Gasteiger charge is -2.07. The van der Waals surface area contributed by atoms with Crippen molar-refractivity contribution in [3.8, 4) is 17.2 Å². The Hall–Kier alpha value is -2.27. The topological polar surface area (TPSA) is 85.2 Å². The van der Waals surface area contributed by atoms with E-state index in [0.717, 1.165) is 11.1 Å². The lowest BCUT2D eigenvalue weighted by molar-refractivity contribution is 0.283. The summed E-state index contributed by atoms with van der Waals surface area (Å²) in [6.07, 6.45) is 3.74. The van der Waals surface area contributed by atoms with Gasteiger partial charge in [-0.15, -0.1) is 0 Å². The molecule has 0 radical (unpaired) electrons. The number of benzene rings is 2. The lowest BCUT2D eigenvalue weighted by Crippen LogP contribution is -1.89. The predicted octanol–water partition coefficient (Wildman–Crippen LogP) is 3.35. The fourth-order valence-electron chi connectivity index (χ4n) is 1.90. The van der Waals surface area contributed by atoms with Crippen LogP contribution < -0.4 is 14.0 Å². The van der Waals surface area contributed by atoms with Gasteiger partial charge in [0, 0.05) is 6.07 Å². The van der Waals surface area contributed by atoms with Gasteiger partial charge in [0.25, 0.3) is 0 Å². The highest BCUT2D eigenvalue weighted by atomic mass is 31.2. The van der Waals surface area contributed by atoms with Crippen LogP contribution in [0.2, 0.25) is 0 Å². The molecule has 0 aliphatic carbocycles. The third-order valence-electron chi connectivity index (χ3n) is 2.95. The molecule has 0 aliphatic heterocycles. The van der Waals surface area contributed by atoms with Gasteiger partial charge in [-0.3, -0.25) is 9.79 Å². The van der Waals surface area contributed by atoms with E-state index in [1.165, 1.54) is 12.1 Å². The van der Waals surface area contributed by atoms with Gasteiger partial charge in [-0.1, -0.05) is 24.3 Å². The van der Waals surface area contributed by atoms with Crippen LogP contribution in [0.15, 0.2) is 42.5 Å².